The lowest BCUT2D eigenvalue weighted by Crippen LogP contribution is -2.15. The number of H-pyrrole nitrogens is 1. The van der Waals surface area contributed by atoms with Crippen LogP contribution in [0.1, 0.15) is 5.82 Å². The number of imidazole rings is 1. The molecule has 4 aromatic rings. The smallest absolute Gasteiger partial charge is 0.329 e. The number of nitrogens with one attached hydrogen (secondary N) is 1. The molecule has 0 atom stereocenters. The molecule has 0 spiro atoms. The number of hydrogen-bond acceptors (Lipinski definition) is 4. The van der Waals surface area contributed by atoms with Gasteiger partial charge in [-0.25, -0.2) is 19.6 Å². The highest BCUT2D eigenvalue weighted by molar-refractivity contribution is 5.54. The Balaban J connectivity index is 1.64. The third kappa shape index (κ3) is 2.78. The molecular weight excluding hydrogens is 318 g/mol. The first-order valence-corrected chi connectivity index (χ1v) is 7.95. The molecule has 0 aliphatic rings. The largest absolute Gasteiger partial charge is 0.343 e. The van der Waals surface area contributed by atoms with Crippen molar-refractivity contribution in [2.75, 3.05) is 0 Å². The van der Waals surface area contributed by atoms with Crippen LogP contribution in [0.25, 0.3) is 17.2 Å². The van der Waals surface area contributed by atoms with E-state index in [0.717, 1.165) is 17.2 Å². The monoisotopic (exact) mass is 335 g/mol. The second-order valence-corrected chi connectivity index (χ2v) is 5.66. The first kappa shape index (κ1) is 15.1. The van der Waals surface area contributed by atoms with Gasteiger partial charge in [-0.2, -0.15) is 10.2 Å². The molecule has 0 unspecified atom stereocenters. The minimum atomic E-state index is -0.206. The Hall–Kier alpha value is -3.42. The van der Waals surface area contributed by atoms with E-state index in [4.69, 9.17) is 0 Å². The van der Waals surface area contributed by atoms with Crippen LogP contribution in [0, 0.1) is 0 Å². The van der Waals surface area contributed by atoms with Crippen LogP contribution in [0.2, 0.25) is 0 Å². The Morgan fingerprint density at radius 3 is 2.72 bits per heavy atom. The lowest BCUT2D eigenvalue weighted by molar-refractivity contribution is 0.648. The maximum absolute atomic E-state index is 11.5. The van der Waals surface area contributed by atoms with Gasteiger partial charge in [0, 0.05) is 32.4 Å². The van der Waals surface area contributed by atoms with Crippen molar-refractivity contribution in [2.24, 2.45) is 7.05 Å². The molecule has 126 valence electrons. The first-order chi connectivity index (χ1) is 12.2. The van der Waals surface area contributed by atoms with Crippen molar-refractivity contribution in [3.63, 3.8) is 0 Å². The Labute approximate surface area is 143 Å². The van der Waals surface area contributed by atoms with Gasteiger partial charge in [0.2, 0.25) is 0 Å². The molecule has 0 amide bonds. The van der Waals surface area contributed by atoms with Gasteiger partial charge in [0.25, 0.3) is 0 Å². The summed E-state index contributed by atoms with van der Waals surface area (Å²) in [4.78, 5) is 16.0. The van der Waals surface area contributed by atoms with Gasteiger partial charge in [-0.15, -0.1) is 0 Å². The van der Waals surface area contributed by atoms with Gasteiger partial charge in [0.1, 0.15) is 11.5 Å². The number of nitrogens with zero attached hydrogens (tertiary/aromatic N) is 6. The summed E-state index contributed by atoms with van der Waals surface area (Å²) in [7, 11) is 1.71. The summed E-state index contributed by atoms with van der Waals surface area (Å²) in [5.74, 6) is 1.53. The number of hydrogen-bond donors (Lipinski definition) is 1. The number of aromatic amines is 1. The van der Waals surface area contributed by atoms with E-state index in [9.17, 15) is 4.79 Å². The lowest BCUT2D eigenvalue weighted by atomic mass is 10.3. The summed E-state index contributed by atoms with van der Waals surface area (Å²) in [5.41, 5.74) is 1.68. The Kier molecular flexibility index (Phi) is 3.77. The van der Waals surface area contributed by atoms with E-state index >= 15 is 0 Å². The van der Waals surface area contributed by atoms with E-state index in [2.05, 4.69) is 20.3 Å². The van der Waals surface area contributed by atoms with Gasteiger partial charge in [-0.3, -0.25) is 4.57 Å². The van der Waals surface area contributed by atoms with Gasteiger partial charge in [-0.1, -0.05) is 18.2 Å². The molecule has 0 saturated heterocycles. The third-order valence-corrected chi connectivity index (χ3v) is 4.14. The predicted molar refractivity (Wildman–Crippen MR) is 92.3 cm³/mol. The van der Waals surface area contributed by atoms with Gasteiger partial charge in [0.05, 0.1) is 11.9 Å². The fourth-order valence-corrected chi connectivity index (χ4v) is 2.79. The molecule has 25 heavy (non-hydrogen) atoms. The summed E-state index contributed by atoms with van der Waals surface area (Å²) in [6.45, 7) is 0.660. The number of benzene rings is 1. The summed E-state index contributed by atoms with van der Waals surface area (Å²) >= 11 is 0. The highest BCUT2D eigenvalue weighted by atomic mass is 16.1. The molecule has 3 aromatic heterocycles. The SMILES string of the molecule is Cn1c(CCn2ccnc2-c2ccnn2-c2ccccc2)n[nH]c1=O. The van der Waals surface area contributed by atoms with E-state index in [0.29, 0.717) is 18.8 Å². The van der Waals surface area contributed by atoms with Crippen molar-refractivity contribution >= 4 is 0 Å². The second-order valence-electron chi connectivity index (χ2n) is 5.66. The lowest BCUT2D eigenvalue weighted by Gasteiger charge is -2.10. The van der Waals surface area contributed by atoms with Crippen molar-refractivity contribution in [3.05, 3.63) is 71.3 Å². The van der Waals surface area contributed by atoms with Crippen LogP contribution in [0.15, 0.2) is 59.8 Å². The number of aromatic nitrogens is 7. The molecule has 0 radical (unpaired) electrons. The molecule has 8 nitrogen and oxygen atoms in total. The van der Waals surface area contributed by atoms with E-state index in [1.807, 2.05) is 51.8 Å². The highest BCUT2D eigenvalue weighted by Gasteiger charge is 2.13. The summed E-state index contributed by atoms with van der Waals surface area (Å²) < 4.78 is 5.42. The van der Waals surface area contributed by atoms with Crippen molar-refractivity contribution in [1.29, 1.82) is 0 Å². The Morgan fingerprint density at radius 1 is 1.12 bits per heavy atom. The summed E-state index contributed by atoms with van der Waals surface area (Å²) in [5, 5.41) is 10.9. The van der Waals surface area contributed by atoms with Crippen LogP contribution < -0.4 is 5.69 Å². The van der Waals surface area contributed by atoms with E-state index in [1.54, 1.807) is 19.4 Å². The number of para-hydroxylation sites is 1. The maximum Gasteiger partial charge on any atom is 0.343 e. The molecule has 4 rings (SSSR count). The van der Waals surface area contributed by atoms with Crippen molar-refractivity contribution in [1.82, 2.24) is 34.1 Å². The Bertz CT molecular complexity index is 1040. The molecule has 1 N–H and O–H groups in total. The van der Waals surface area contributed by atoms with Gasteiger partial charge in [0.15, 0.2) is 5.82 Å². The third-order valence-electron chi connectivity index (χ3n) is 4.14. The van der Waals surface area contributed by atoms with Gasteiger partial charge >= 0.3 is 5.69 Å². The van der Waals surface area contributed by atoms with Crippen LogP contribution in [0.3, 0.4) is 0 Å². The first-order valence-electron chi connectivity index (χ1n) is 7.95. The summed E-state index contributed by atoms with van der Waals surface area (Å²) in [6.07, 6.45) is 6.07. The second kappa shape index (κ2) is 6.23. The van der Waals surface area contributed by atoms with Crippen LogP contribution in [0.5, 0.6) is 0 Å². The summed E-state index contributed by atoms with van der Waals surface area (Å²) in [6, 6.07) is 11.9. The zero-order valence-electron chi connectivity index (χ0n) is 13.7. The predicted octanol–water partition coefficient (Wildman–Crippen LogP) is 1.40. The average molecular weight is 335 g/mol. The van der Waals surface area contributed by atoms with Crippen molar-refractivity contribution in [3.8, 4) is 17.2 Å². The molecule has 8 heteroatoms. The fraction of sp³-hybridized carbons (Fsp3) is 0.176. The van der Waals surface area contributed by atoms with E-state index in [-0.39, 0.29) is 5.69 Å². The molecule has 1 aromatic carbocycles. The van der Waals surface area contributed by atoms with E-state index < -0.39 is 0 Å². The number of rotatable bonds is 5. The van der Waals surface area contributed by atoms with E-state index in [1.165, 1.54) is 4.57 Å². The minimum absolute atomic E-state index is 0.206. The molecule has 0 bridgehead atoms. The van der Waals surface area contributed by atoms with Crippen LogP contribution in [0.4, 0.5) is 0 Å². The van der Waals surface area contributed by atoms with Crippen LogP contribution in [-0.4, -0.2) is 34.1 Å². The quantitative estimate of drug-likeness (QED) is 0.597. The standard InChI is InChI=1S/C17H17N7O/c1-22-15(20-21-17(22)25)8-11-23-12-10-18-16(23)14-7-9-19-24(14)13-5-3-2-4-6-13/h2-7,9-10,12H,8,11H2,1H3,(H,21,25). The zero-order chi connectivity index (χ0) is 17.2. The average Bonchev–Trinajstić information content (AvgIpc) is 3.36. The molecular formula is C17H17N7O. The minimum Gasteiger partial charge on any atom is -0.329 e. The van der Waals surface area contributed by atoms with Crippen molar-refractivity contribution in [2.45, 2.75) is 13.0 Å². The molecule has 0 aliphatic carbocycles. The van der Waals surface area contributed by atoms with Crippen molar-refractivity contribution < 1.29 is 0 Å². The Morgan fingerprint density at radius 2 is 1.96 bits per heavy atom. The highest BCUT2D eigenvalue weighted by Crippen LogP contribution is 2.21. The van der Waals surface area contributed by atoms with Gasteiger partial charge in [-0.05, 0) is 18.2 Å². The van der Waals surface area contributed by atoms with Crippen LogP contribution >= 0.6 is 0 Å². The number of aryl methyl sites for hydroxylation is 2. The molecule has 0 saturated carbocycles. The van der Waals surface area contributed by atoms with Crippen LogP contribution in [-0.2, 0) is 20.0 Å². The molecule has 0 fully saturated rings. The molecule has 3 heterocycles. The normalized spacial score (nSPS) is 11.1. The topological polar surface area (TPSA) is 86.3 Å². The maximum atomic E-state index is 11.5. The fourth-order valence-electron chi connectivity index (χ4n) is 2.79. The van der Waals surface area contributed by atoms with Gasteiger partial charge < -0.3 is 4.57 Å². The zero-order valence-corrected chi connectivity index (χ0v) is 13.7. The molecule has 0 aliphatic heterocycles.